The van der Waals surface area contributed by atoms with E-state index in [2.05, 4.69) is 20.7 Å². The third-order valence-electron chi connectivity index (χ3n) is 3.15. The van der Waals surface area contributed by atoms with Gasteiger partial charge in [0.25, 0.3) is 0 Å². The molecule has 0 aliphatic carbocycles. The molecule has 0 atom stereocenters. The maximum Gasteiger partial charge on any atom is 0.344 e. The molecule has 0 amide bonds. The summed E-state index contributed by atoms with van der Waals surface area (Å²) in [6.07, 6.45) is 2.80. The molecule has 130 valence electrons. The van der Waals surface area contributed by atoms with E-state index in [0.29, 0.717) is 11.3 Å². The lowest BCUT2D eigenvalue weighted by Gasteiger charge is -2.10. The molecule has 0 aromatic heterocycles. The first-order valence-electron chi connectivity index (χ1n) is 7.06. The molecule has 0 radical (unpaired) electrons. The van der Waals surface area contributed by atoms with Crippen LogP contribution in [0, 0.1) is 5.82 Å². The fourth-order valence-electron chi connectivity index (χ4n) is 1.91. The Hall–Kier alpha value is -2.67. The van der Waals surface area contributed by atoms with Gasteiger partial charge in [0.1, 0.15) is 5.82 Å². The second-order valence-corrected chi connectivity index (χ2v) is 5.63. The third-order valence-corrected chi connectivity index (χ3v) is 3.81. The summed E-state index contributed by atoms with van der Waals surface area (Å²) in [4.78, 5) is 23.4. The van der Waals surface area contributed by atoms with E-state index in [4.69, 9.17) is 9.47 Å². The maximum absolute atomic E-state index is 13.1. The smallest absolute Gasteiger partial charge is 0.344 e. The average molecular weight is 409 g/mol. The second-order valence-electron chi connectivity index (χ2n) is 4.78. The first-order chi connectivity index (χ1) is 11.9. The number of carbonyl (C=O) groups is 2. The van der Waals surface area contributed by atoms with Gasteiger partial charge in [0, 0.05) is 10.5 Å². The highest BCUT2D eigenvalue weighted by Gasteiger charge is 2.16. The molecule has 2 aromatic carbocycles. The largest absolute Gasteiger partial charge is 0.493 e. The van der Waals surface area contributed by atoms with Gasteiger partial charge in [-0.15, -0.1) is 0 Å². The number of hydrogen-bond donors (Lipinski definition) is 0. The van der Waals surface area contributed by atoms with Crippen LogP contribution in [0.2, 0.25) is 0 Å². The number of hydrogen-bond acceptors (Lipinski definition) is 5. The quantitative estimate of drug-likeness (QED) is 0.425. The van der Waals surface area contributed by atoms with Crippen LogP contribution in [0.5, 0.6) is 11.5 Å². The van der Waals surface area contributed by atoms with Crippen molar-refractivity contribution in [1.29, 1.82) is 0 Å². The van der Waals surface area contributed by atoms with Crippen LogP contribution in [0.15, 0.2) is 46.9 Å². The molecular weight excluding hydrogens is 395 g/mol. The monoisotopic (exact) mass is 408 g/mol. The Balaban J connectivity index is 2.23. The van der Waals surface area contributed by atoms with Gasteiger partial charge in [0.2, 0.25) is 0 Å². The van der Waals surface area contributed by atoms with Crippen LogP contribution in [0.4, 0.5) is 4.39 Å². The maximum atomic E-state index is 13.1. The van der Waals surface area contributed by atoms with Crippen LogP contribution in [0.1, 0.15) is 15.9 Å². The SMILES string of the molecule is COC(=O)/C=C/c1ccc(OC(=O)c2ccc(F)cc2Br)c(OC)c1. The summed E-state index contributed by atoms with van der Waals surface area (Å²) in [5.41, 5.74) is 0.836. The Labute approximate surface area is 152 Å². The molecule has 7 heteroatoms. The molecule has 0 N–H and O–H groups in total. The number of methoxy groups -OCH3 is 2. The molecule has 2 rings (SSSR count). The first kappa shape index (κ1) is 18.7. The summed E-state index contributed by atoms with van der Waals surface area (Å²) < 4.78 is 28.4. The third kappa shape index (κ3) is 4.90. The van der Waals surface area contributed by atoms with Gasteiger partial charge >= 0.3 is 11.9 Å². The van der Waals surface area contributed by atoms with E-state index < -0.39 is 17.8 Å². The van der Waals surface area contributed by atoms with Gasteiger partial charge < -0.3 is 14.2 Å². The molecule has 25 heavy (non-hydrogen) atoms. The van der Waals surface area contributed by atoms with E-state index in [1.807, 2.05) is 0 Å². The summed E-state index contributed by atoms with van der Waals surface area (Å²) in [6, 6.07) is 8.44. The van der Waals surface area contributed by atoms with Crippen molar-refractivity contribution in [2.75, 3.05) is 14.2 Å². The van der Waals surface area contributed by atoms with Crippen molar-refractivity contribution in [3.63, 3.8) is 0 Å². The Morgan fingerprint density at radius 1 is 1.08 bits per heavy atom. The molecule has 0 fully saturated rings. The van der Waals surface area contributed by atoms with Crippen molar-refractivity contribution < 1.29 is 28.2 Å². The zero-order valence-corrected chi connectivity index (χ0v) is 15.0. The summed E-state index contributed by atoms with van der Waals surface area (Å²) in [7, 11) is 2.71. The highest BCUT2D eigenvalue weighted by atomic mass is 79.9. The number of esters is 2. The van der Waals surface area contributed by atoms with Crippen LogP contribution in [-0.4, -0.2) is 26.2 Å². The van der Waals surface area contributed by atoms with E-state index in [9.17, 15) is 14.0 Å². The van der Waals surface area contributed by atoms with Crippen LogP contribution in [0.3, 0.4) is 0 Å². The van der Waals surface area contributed by atoms with Gasteiger partial charge in [-0.2, -0.15) is 0 Å². The highest BCUT2D eigenvalue weighted by molar-refractivity contribution is 9.10. The highest BCUT2D eigenvalue weighted by Crippen LogP contribution is 2.30. The minimum Gasteiger partial charge on any atom is -0.493 e. The van der Waals surface area contributed by atoms with Gasteiger partial charge in [-0.05, 0) is 57.9 Å². The van der Waals surface area contributed by atoms with E-state index in [1.165, 1.54) is 50.6 Å². The fraction of sp³-hybridized carbons (Fsp3) is 0.111. The van der Waals surface area contributed by atoms with Crippen LogP contribution < -0.4 is 9.47 Å². The lowest BCUT2D eigenvalue weighted by atomic mass is 10.2. The van der Waals surface area contributed by atoms with Crippen molar-refractivity contribution in [2.24, 2.45) is 0 Å². The average Bonchev–Trinajstić information content (AvgIpc) is 2.60. The predicted molar refractivity (Wildman–Crippen MR) is 93.1 cm³/mol. The van der Waals surface area contributed by atoms with Gasteiger partial charge in [-0.25, -0.2) is 14.0 Å². The summed E-state index contributed by atoms with van der Waals surface area (Å²) in [5, 5.41) is 0. The minimum atomic E-state index is -0.664. The lowest BCUT2D eigenvalue weighted by molar-refractivity contribution is -0.134. The van der Waals surface area contributed by atoms with Crippen molar-refractivity contribution in [1.82, 2.24) is 0 Å². The van der Waals surface area contributed by atoms with E-state index in [1.54, 1.807) is 12.1 Å². The fourth-order valence-corrected chi connectivity index (χ4v) is 2.43. The molecule has 0 saturated heterocycles. The van der Waals surface area contributed by atoms with Gasteiger partial charge in [0.05, 0.1) is 19.8 Å². The molecular formula is C18H14BrFO5. The standard InChI is InChI=1S/C18H14BrFO5/c1-23-16-9-11(4-8-17(21)24-2)3-7-15(16)25-18(22)13-6-5-12(20)10-14(13)19/h3-10H,1-2H3/b8-4+. The van der Waals surface area contributed by atoms with E-state index in [0.717, 1.165) is 0 Å². The molecule has 0 bridgehead atoms. The molecule has 0 spiro atoms. The Bertz CT molecular complexity index is 832. The van der Waals surface area contributed by atoms with Crippen molar-refractivity contribution in [3.05, 3.63) is 63.9 Å². The molecule has 0 aliphatic heterocycles. The van der Waals surface area contributed by atoms with Crippen LogP contribution in [0.25, 0.3) is 6.08 Å². The topological polar surface area (TPSA) is 61.8 Å². The van der Waals surface area contributed by atoms with Crippen molar-refractivity contribution >= 4 is 33.9 Å². The Kier molecular flexibility index (Phi) is 6.30. The Morgan fingerprint density at radius 3 is 2.48 bits per heavy atom. The number of benzene rings is 2. The molecule has 0 heterocycles. The van der Waals surface area contributed by atoms with Gasteiger partial charge in [0.15, 0.2) is 11.5 Å². The zero-order chi connectivity index (χ0) is 18.4. The molecule has 2 aromatic rings. The summed E-state index contributed by atoms with van der Waals surface area (Å²) in [6.45, 7) is 0. The number of halogens is 2. The number of rotatable bonds is 5. The molecule has 0 unspecified atom stereocenters. The predicted octanol–water partition coefficient (Wildman–Crippen LogP) is 4.00. The molecule has 5 nitrogen and oxygen atoms in total. The van der Waals surface area contributed by atoms with Gasteiger partial charge in [-0.1, -0.05) is 6.07 Å². The number of carbonyl (C=O) groups excluding carboxylic acids is 2. The summed E-state index contributed by atoms with van der Waals surface area (Å²) >= 11 is 3.12. The normalized spacial score (nSPS) is 10.6. The van der Waals surface area contributed by atoms with Crippen molar-refractivity contribution in [3.8, 4) is 11.5 Å². The molecule has 0 aliphatic rings. The second kappa shape index (κ2) is 8.43. The Morgan fingerprint density at radius 2 is 1.84 bits per heavy atom. The minimum absolute atomic E-state index is 0.179. The number of ether oxygens (including phenoxy) is 3. The van der Waals surface area contributed by atoms with Crippen molar-refractivity contribution in [2.45, 2.75) is 0 Å². The summed E-state index contributed by atoms with van der Waals surface area (Å²) in [5.74, 6) is -1.13. The van der Waals surface area contributed by atoms with E-state index in [-0.39, 0.29) is 15.8 Å². The van der Waals surface area contributed by atoms with Gasteiger partial charge in [-0.3, -0.25) is 0 Å². The van der Waals surface area contributed by atoms with Crippen LogP contribution in [-0.2, 0) is 9.53 Å². The van der Waals surface area contributed by atoms with Crippen LogP contribution >= 0.6 is 15.9 Å². The molecule has 0 saturated carbocycles. The zero-order valence-electron chi connectivity index (χ0n) is 13.4. The van der Waals surface area contributed by atoms with E-state index >= 15 is 0 Å². The lowest BCUT2D eigenvalue weighted by Crippen LogP contribution is -2.10. The first-order valence-corrected chi connectivity index (χ1v) is 7.85.